The van der Waals surface area contributed by atoms with Gasteiger partial charge in [-0.1, -0.05) is 20.8 Å². The molecule has 0 aromatic heterocycles. The van der Waals surface area contributed by atoms with Crippen LogP contribution in [0.25, 0.3) is 0 Å². The van der Waals surface area contributed by atoms with Crippen LogP contribution in [0.5, 0.6) is 0 Å². The molecule has 2 saturated heterocycles. The van der Waals surface area contributed by atoms with E-state index < -0.39 is 0 Å². The molecule has 2 fully saturated rings. The van der Waals surface area contributed by atoms with E-state index in [1.54, 1.807) is 0 Å². The molecular formula is C17H31N3O2. The van der Waals surface area contributed by atoms with Crippen LogP contribution < -0.4 is 5.73 Å². The van der Waals surface area contributed by atoms with Crippen LogP contribution >= 0.6 is 0 Å². The Hall–Kier alpha value is -1.10. The van der Waals surface area contributed by atoms with Crippen molar-refractivity contribution in [3.63, 3.8) is 0 Å². The van der Waals surface area contributed by atoms with Gasteiger partial charge in [0.15, 0.2) is 0 Å². The zero-order valence-corrected chi connectivity index (χ0v) is 14.3. The molecule has 2 rings (SSSR count). The third-order valence-corrected chi connectivity index (χ3v) is 5.08. The van der Waals surface area contributed by atoms with E-state index in [0.29, 0.717) is 18.9 Å². The highest BCUT2D eigenvalue weighted by Crippen LogP contribution is 2.30. The van der Waals surface area contributed by atoms with Crippen molar-refractivity contribution in [3.8, 4) is 0 Å². The summed E-state index contributed by atoms with van der Waals surface area (Å²) in [5.74, 6) is 0.666. The summed E-state index contributed by atoms with van der Waals surface area (Å²) in [7, 11) is 0. The average molecular weight is 309 g/mol. The van der Waals surface area contributed by atoms with Gasteiger partial charge >= 0.3 is 0 Å². The molecule has 5 nitrogen and oxygen atoms in total. The number of hydrogen-bond donors (Lipinski definition) is 1. The third kappa shape index (κ3) is 3.80. The van der Waals surface area contributed by atoms with Crippen molar-refractivity contribution in [1.82, 2.24) is 9.80 Å². The fourth-order valence-electron chi connectivity index (χ4n) is 3.55. The summed E-state index contributed by atoms with van der Waals surface area (Å²) >= 11 is 0. The predicted octanol–water partition coefficient (Wildman–Crippen LogP) is 1.61. The summed E-state index contributed by atoms with van der Waals surface area (Å²) in [6.45, 7) is 9.19. The average Bonchev–Trinajstić information content (AvgIpc) is 2.88. The first-order valence-electron chi connectivity index (χ1n) is 8.64. The van der Waals surface area contributed by atoms with E-state index in [0.717, 1.165) is 45.3 Å². The number of carbonyl (C=O) groups is 2. The molecule has 2 N–H and O–H groups in total. The van der Waals surface area contributed by atoms with Crippen LogP contribution in [0, 0.1) is 11.3 Å². The lowest BCUT2D eigenvalue weighted by molar-refractivity contribution is -0.147. The van der Waals surface area contributed by atoms with Crippen LogP contribution in [-0.4, -0.2) is 53.8 Å². The van der Waals surface area contributed by atoms with Gasteiger partial charge in [0.2, 0.25) is 11.8 Å². The van der Waals surface area contributed by atoms with Crippen LogP contribution in [-0.2, 0) is 9.59 Å². The number of carbonyl (C=O) groups excluding carboxylic acids is 2. The van der Waals surface area contributed by atoms with Crippen LogP contribution in [0.3, 0.4) is 0 Å². The zero-order valence-electron chi connectivity index (χ0n) is 14.3. The largest absolute Gasteiger partial charge is 0.340 e. The highest BCUT2D eigenvalue weighted by molar-refractivity contribution is 5.88. The Morgan fingerprint density at radius 1 is 1.32 bits per heavy atom. The summed E-state index contributed by atoms with van der Waals surface area (Å²) in [4.78, 5) is 29.0. The normalized spacial score (nSPS) is 27.6. The summed E-state index contributed by atoms with van der Waals surface area (Å²) in [5.41, 5.74) is 5.88. The Balaban J connectivity index is 2.11. The van der Waals surface area contributed by atoms with Crippen LogP contribution in [0.15, 0.2) is 0 Å². The molecule has 0 aromatic carbocycles. The Morgan fingerprint density at radius 3 is 2.59 bits per heavy atom. The molecule has 2 unspecified atom stereocenters. The molecule has 2 aliphatic rings. The number of nitrogens with two attached hydrogens (primary N) is 1. The van der Waals surface area contributed by atoms with E-state index in [1.807, 2.05) is 9.80 Å². The Morgan fingerprint density at radius 2 is 2.05 bits per heavy atom. The number of rotatable bonds is 5. The molecule has 0 spiro atoms. The topological polar surface area (TPSA) is 66.6 Å². The number of nitrogens with zero attached hydrogens (tertiary/aromatic N) is 2. The van der Waals surface area contributed by atoms with Gasteiger partial charge in [0.25, 0.3) is 0 Å². The van der Waals surface area contributed by atoms with Gasteiger partial charge < -0.3 is 15.5 Å². The van der Waals surface area contributed by atoms with Gasteiger partial charge in [0, 0.05) is 26.1 Å². The second-order valence-corrected chi connectivity index (χ2v) is 7.71. The molecule has 5 heteroatoms. The molecule has 2 amide bonds. The lowest BCUT2D eigenvalue weighted by atomic mass is 9.90. The van der Waals surface area contributed by atoms with E-state index in [1.165, 1.54) is 0 Å². The first kappa shape index (κ1) is 17.3. The van der Waals surface area contributed by atoms with Gasteiger partial charge in [-0.15, -0.1) is 0 Å². The van der Waals surface area contributed by atoms with Crippen molar-refractivity contribution in [2.24, 2.45) is 17.1 Å². The highest BCUT2D eigenvalue weighted by atomic mass is 16.2. The van der Waals surface area contributed by atoms with Gasteiger partial charge in [-0.3, -0.25) is 9.59 Å². The summed E-state index contributed by atoms with van der Waals surface area (Å²) < 4.78 is 0. The first-order valence-corrected chi connectivity index (χ1v) is 8.64. The SMILES string of the molecule is CC(C)CC(C(=O)N1CCC(C)(CN)C1)N1CCCCC1=O. The molecule has 2 atom stereocenters. The molecule has 22 heavy (non-hydrogen) atoms. The van der Waals surface area contributed by atoms with Crippen LogP contribution in [0.1, 0.15) is 52.9 Å². The zero-order chi connectivity index (χ0) is 16.3. The Labute approximate surface area is 134 Å². The van der Waals surface area contributed by atoms with E-state index in [2.05, 4.69) is 20.8 Å². The number of hydrogen-bond acceptors (Lipinski definition) is 3. The molecule has 2 aliphatic heterocycles. The van der Waals surface area contributed by atoms with Gasteiger partial charge in [0.05, 0.1) is 0 Å². The Bertz CT molecular complexity index is 424. The minimum atomic E-state index is -0.284. The van der Waals surface area contributed by atoms with Crippen LogP contribution in [0.4, 0.5) is 0 Å². The number of amides is 2. The third-order valence-electron chi connectivity index (χ3n) is 5.08. The minimum absolute atomic E-state index is 0.0317. The number of piperidine rings is 1. The maximum atomic E-state index is 13.0. The quantitative estimate of drug-likeness (QED) is 0.839. The fraction of sp³-hybridized carbons (Fsp3) is 0.882. The lowest BCUT2D eigenvalue weighted by Gasteiger charge is -2.37. The lowest BCUT2D eigenvalue weighted by Crippen LogP contribution is -2.52. The van der Waals surface area contributed by atoms with Crippen LogP contribution in [0.2, 0.25) is 0 Å². The summed E-state index contributed by atoms with van der Waals surface area (Å²) in [5, 5.41) is 0. The highest BCUT2D eigenvalue weighted by Gasteiger charge is 2.40. The molecule has 2 heterocycles. The molecule has 0 saturated carbocycles. The molecule has 0 aliphatic carbocycles. The van der Waals surface area contributed by atoms with Gasteiger partial charge in [0.1, 0.15) is 6.04 Å². The van der Waals surface area contributed by atoms with E-state index in [4.69, 9.17) is 5.73 Å². The fourth-order valence-corrected chi connectivity index (χ4v) is 3.55. The van der Waals surface area contributed by atoms with Crippen molar-refractivity contribution in [2.75, 3.05) is 26.2 Å². The smallest absolute Gasteiger partial charge is 0.245 e. The minimum Gasteiger partial charge on any atom is -0.340 e. The van der Waals surface area contributed by atoms with Gasteiger partial charge in [-0.25, -0.2) is 0 Å². The van der Waals surface area contributed by atoms with E-state index >= 15 is 0 Å². The monoisotopic (exact) mass is 309 g/mol. The van der Waals surface area contributed by atoms with Crippen molar-refractivity contribution in [2.45, 2.75) is 58.9 Å². The predicted molar refractivity (Wildman–Crippen MR) is 87.2 cm³/mol. The molecule has 0 aromatic rings. The molecular weight excluding hydrogens is 278 g/mol. The second kappa shape index (κ2) is 6.99. The molecule has 0 bridgehead atoms. The van der Waals surface area contributed by atoms with Gasteiger partial charge in [-0.2, -0.15) is 0 Å². The maximum Gasteiger partial charge on any atom is 0.245 e. The number of likely N-dealkylation sites (tertiary alicyclic amines) is 2. The van der Waals surface area contributed by atoms with Crippen molar-refractivity contribution >= 4 is 11.8 Å². The first-order chi connectivity index (χ1) is 10.4. The molecule has 126 valence electrons. The van der Waals surface area contributed by atoms with E-state index in [-0.39, 0.29) is 23.3 Å². The van der Waals surface area contributed by atoms with Crippen molar-refractivity contribution < 1.29 is 9.59 Å². The van der Waals surface area contributed by atoms with Gasteiger partial charge in [-0.05, 0) is 43.6 Å². The maximum absolute atomic E-state index is 13.0. The Kier molecular flexibility index (Phi) is 5.48. The molecule has 0 radical (unpaired) electrons. The summed E-state index contributed by atoms with van der Waals surface area (Å²) in [6, 6.07) is -0.284. The van der Waals surface area contributed by atoms with Crippen molar-refractivity contribution in [1.29, 1.82) is 0 Å². The summed E-state index contributed by atoms with van der Waals surface area (Å²) in [6.07, 6.45) is 4.25. The van der Waals surface area contributed by atoms with E-state index in [9.17, 15) is 9.59 Å². The second-order valence-electron chi connectivity index (χ2n) is 7.71. The standard InChI is InChI=1S/C17H31N3O2/c1-13(2)10-14(20-8-5-4-6-15(20)21)16(22)19-9-7-17(3,11-18)12-19/h13-14H,4-12,18H2,1-3H3. The van der Waals surface area contributed by atoms with Crippen molar-refractivity contribution in [3.05, 3.63) is 0 Å².